The number of carbonyl (C=O) groups is 1. The first-order valence-corrected chi connectivity index (χ1v) is 5.63. The summed E-state index contributed by atoms with van der Waals surface area (Å²) in [5.74, 6) is -0.351. The van der Waals surface area contributed by atoms with E-state index in [-0.39, 0.29) is 5.97 Å². The van der Waals surface area contributed by atoms with Crippen molar-refractivity contribution in [1.29, 1.82) is 5.26 Å². The van der Waals surface area contributed by atoms with Gasteiger partial charge in [-0.3, -0.25) is 0 Å². The molecule has 1 saturated heterocycles. The van der Waals surface area contributed by atoms with E-state index in [1.807, 2.05) is 0 Å². The van der Waals surface area contributed by atoms with Crippen molar-refractivity contribution in [3.05, 3.63) is 29.3 Å². The zero-order valence-electron chi connectivity index (χ0n) is 9.77. The summed E-state index contributed by atoms with van der Waals surface area (Å²) in [5, 5.41) is 8.91. The molecule has 0 amide bonds. The molecule has 1 aromatic carbocycles. The van der Waals surface area contributed by atoms with Crippen LogP contribution >= 0.6 is 0 Å². The number of methoxy groups -OCH3 is 1. The highest BCUT2D eigenvalue weighted by atomic mass is 16.5. The topological polar surface area (TPSA) is 53.3 Å². The molecule has 1 aliphatic rings. The molecule has 4 heteroatoms. The first kappa shape index (κ1) is 11.5. The van der Waals surface area contributed by atoms with Gasteiger partial charge in [0.25, 0.3) is 0 Å². The highest BCUT2D eigenvalue weighted by Gasteiger charge is 2.20. The minimum Gasteiger partial charge on any atom is -0.465 e. The largest absolute Gasteiger partial charge is 0.465 e. The van der Waals surface area contributed by atoms with Crippen LogP contribution in [0.1, 0.15) is 28.8 Å². The Bertz CT molecular complexity index is 471. The standard InChI is InChI=1S/C13H14N2O2/c1-17-13(16)11-5-4-10(9-14)8-12(11)15-6-2-3-7-15/h4-5,8H,2-3,6-7H2,1H3. The van der Waals surface area contributed by atoms with Crippen molar-refractivity contribution >= 4 is 11.7 Å². The number of carbonyl (C=O) groups excluding carboxylic acids is 1. The van der Waals surface area contributed by atoms with Crippen LogP contribution in [0.25, 0.3) is 0 Å². The van der Waals surface area contributed by atoms with Crippen molar-refractivity contribution in [2.45, 2.75) is 12.8 Å². The Balaban J connectivity index is 2.44. The molecule has 88 valence electrons. The van der Waals surface area contributed by atoms with Crippen LogP contribution in [0.4, 0.5) is 5.69 Å². The van der Waals surface area contributed by atoms with Gasteiger partial charge in [-0.25, -0.2) is 4.79 Å². The maximum absolute atomic E-state index is 11.7. The Morgan fingerprint density at radius 1 is 1.41 bits per heavy atom. The third-order valence-corrected chi connectivity index (χ3v) is 2.98. The van der Waals surface area contributed by atoms with E-state index in [4.69, 9.17) is 10.00 Å². The summed E-state index contributed by atoms with van der Waals surface area (Å²) < 4.78 is 4.76. The molecule has 1 fully saturated rings. The predicted octanol–water partition coefficient (Wildman–Crippen LogP) is 1.95. The van der Waals surface area contributed by atoms with Crippen LogP contribution in [0.3, 0.4) is 0 Å². The maximum Gasteiger partial charge on any atom is 0.339 e. The molecule has 0 spiro atoms. The van der Waals surface area contributed by atoms with Gasteiger partial charge in [0.15, 0.2) is 0 Å². The van der Waals surface area contributed by atoms with Crippen LogP contribution in [-0.2, 0) is 4.74 Å². The van der Waals surface area contributed by atoms with Gasteiger partial charge < -0.3 is 9.64 Å². The molecule has 0 radical (unpaired) electrons. The summed E-state index contributed by atoms with van der Waals surface area (Å²) in [7, 11) is 1.37. The molecular formula is C13H14N2O2. The zero-order valence-corrected chi connectivity index (χ0v) is 9.77. The van der Waals surface area contributed by atoms with Gasteiger partial charge in [-0.15, -0.1) is 0 Å². The highest BCUT2D eigenvalue weighted by Crippen LogP contribution is 2.26. The number of nitriles is 1. The van der Waals surface area contributed by atoms with E-state index >= 15 is 0 Å². The molecule has 0 saturated carbocycles. The number of rotatable bonds is 2. The molecule has 1 heterocycles. The highest BCUT2D eigenvalue weighted by molar-refractivity contribution is 5.96. The number of esters is 1. The average molecular weight is 230 g/mol. The molecule has 4 nitrogen and oxygen atoms in total. The minimum absolute atomic E-state index is 0.351. The Morgan fingerprint density at radius 2 is 2.12 bits per heavy atom. The summed E-state index contributed by atoms with van der Waals surface area (Å²) in [6.45, 7) is 1.86. The van der Waals surface area contributed by atoms with Crippen LogP contribution in [0, 0.1) is 11.3 Å². The molecule has 2 rings (SSSR count). The first-order valence-electron chi connectivity index (χ1n) is 5.63. The van der Waals surface area contributed by atoms with Crippen molar-refractivity contribution in [3.8, 4) is 6.07 Å². The number of benzene rings is 1. The summed E-state index contributed by atoms with van der Waals surface area (Å²) >= 11 is 0. The van der Waals surface area contributed by atoms with E-state index in [0.717, 1.165) is 31.6 Å². The Labute approximate surface area is 100 Å². The van der Waals surface area contributed by atoms with E-state index < -0.39 is 0 Å². The van der Waals surface area contributed by atoms with Gasteiger partial charge in [0.2, 0.25) is 0 Å². The number of hydrogen-bond donors (Lipinski definition) is 0. The molecular weight excluding hydrogens is 216 g/mol. The van der Waals surface area contributed by atoms with Gasteiger partial charge in [0.05, 0.1) is 30.0 Å². The quantitative estimate of drug-likeness (QED) is 0.729. The van der Waals surface area contributed by atoms with Crippen LogP contribution in [0.15, 0.2) is 18.2 Å². The van der Waals surface area contributed by atoms with E-state index in [1.165, 1.54) is 7.11 Å². The third-order valence-electron chi connectivity index (χ3n) is 2.98. The van der Waals surface area contributed by atoms with Gasteiger partial charge in [0, 0.05) is 13.1 Å². The van der Waals surface area contributed by atoms with Gasteiger partial charge >= 0.3 is 5.97 Å². The second-order valence-electron chi connectivity index (χ2n) is 4.03. The normalized spacial score (nSPS) is 14.5. The SMILES string of the molecule is COC(=O)c1ccc(C#N)cc1N1CCCC1. The Hall–Kier alpha value is -2.02. The van der Waals surface area contributed by atoms with E-state index in [0.29, 0.717) is 11.1 Å². The number of anilines is 1. The molecule has 0 unspecified atom stereocenters. The van der Waals surface area contributed by atoms with Crippen molar-refractivity contribution in [3.63, 3.8) is 0 Å². The van der Waals surface area contributed by atoms with Gasteiger partial charge in [-0.1, -0.05) is 0 Å². The van der Waals surface area contributed by atoms with Crippen LogP contribution < -0.4 is 4.90 Å². The summed E-state index contributed by atoms with van der Waals surface area (Å²) in [6.07, 6.45) is 2.24. The number of hydrogen-bond acceptors (Lipinski definition) is 4. The van der Waals surface area contributed by atoms with Crippen molar-refractivity contribution in [2.75, 3.05) is 25.1 Å². The molecule has 17 heavy (non-hydrogen) atoms. The fraction of sp³-hybridized carbons (Fsp3) is 0.385. The van der Waals surface area contributed by atoms with Crippen LogP contribution in [0.5, 0.6) is 0 Å². The Kier molecular flexibility index (Phi) is 3.29. The van der Waals surface area contributed by atoms with Crippen LogP contribution in [-0.4, -0.2) is 26.2 Å². The van der Waals surface area contributed by atoms with E-state index in [1.54, 1.807) is 18.2 Å². The minimum atomic E-state index is -0.351. The van der Waals surface area contributed by atoms with E-state index in [9.17, 15) is 4.79 Å². The van der Waals surface area contributed by atoms with Gasteiger partial charge in [-0.2, -0.15) is 5.26 Å². The molecule has 1 aromatic rings. The summed E-state index contributed by atoms with van der Waals surface area (Å²) in [4.78, 5) is 13.8. The summed E-state index contributed by atoms with van der Waals surface area (Å²) in [6, 6.07) is 7.17. The fourth-order valence-corrected chi connectivity index (χ4v) is 2.10. The van der Waals surface area contributed by atoms with Crippen LogP contribution in [0.2, 0.25) is 0 Å². The monoisotopic (exact) mass is 230 g/mol. The lowest BCUT2D eigenvalue weighted by molar-refractivity contribution is 0.0601. The first-order chi connectivity index (χ1) is 8.26. The predicted molar refractivity (Wildman–Crippen MR) is 63.9 cm³/mol. The van der Waals surface area contributed by atoms with E-state index in [2.05, 4.69) is 11.0 Å². The lowest BCUT2D eigenvalue weighted by Gasteiger charge is -2.20. The fourth-order valence-electron chi connectivity index (χ4n) is 2.10. The smallest absolute Gasteiger partial charge is 0.339 e. The molecule has 0 bridgehead atoms. The second-order valence-corrected chi connectivity index (χ2v) is 4.03. The molecule has 1 aliphatic heterocycles. The second kappa shape index (κ2) is 4.88. The average Bonchev–Trinajstić information content (AvgIpc) is 2.91. The van der Waals surface area contributed by atoms with Gasteiger partial charge in [-0.05, 0) is 31.0 Å². The molecule has 0 N–H and O–H groups in total. The lowest BCUT2D eigenvalue weighted by Crippen LogP contribution is -2.21. The lowest BCUT2D eigenvalue weighted by atomic mass is 10.1. The van der Waals surface area contributed by atoms with Crippen molar-refractivity contribution in [1.82, 2.24) is 0 Å². The van der Waals surface area contributed by atoms with Crippen molar-refractivity contribution in [2.24, 2.45) is 0 Å². The van der Waals surface area contributed by atoms with Crippen molar-refractivity contribution < 1.29 is 9.53 Å². The maximum atomic E-state index is 11.7. The molecule has 0 aromatic heterocycles. The number of ether oxygens (including phenoxy) is 1. The zero-order chi connectivity index (χ0) is 12.3. The molecule has 0 atom stereocenters. The number of nitrogens with zero attached hydrogens (tertiary/aromatic N) is 2. The summed E-state index contributed by atoms with van der Waals surface area (Å²) in [5.41, 5.74) is 1.92. The third kappa shape index (κ3) is 2.23. The Morgan fingerprint density at radius 3 is 2.71 bits per heavy atom. The molecule has 0 aliphatic carbocycles. The van der Waals surface area contributed by atoms with Gasteiger partial charge in [0.1, 0.15) is 0 Å².